The van der Waals surface area contributed by atoms with Crippen molar-refractivity contribution in [3.63, 3.8) is 0 Å². The van der Waals surface area contributed by atoms with E-state index in [2.05, 4.69) is 20.3 Å². The molecule has 0 saturated heterocycles. The van der Waals surface area contributed by atoms with Crippen molar-refractivity contribution in [2.45, 2.75) is 0 Å². The van der Waals surface area contributed by atoms with E-state index in [0.29, 0.717) is 15.2 Å². The number of hydrogen-bond acceptors (Lipinski definition) is 4. The lowest BCUT2D eigenvalue weighted by molar-refractivity contribution is 0.496. The molecule has 3 rings (SSSR count). The van der Waals surface area contributed by atoms with Gasteiger partial charge in [0.15, 0.2) is 5.75 Å². The van der Waals surface area contributed by atoms with Crippen LogP contribution in [0.1, 0.15) is 0 Å². The van der Waals surface area contributed by atoms with Crippen LogP contribution in [0.5, 0.6) is 10.8 Å². The standard InChI is InChI=1S/C13H8BrFN2OS/c14-8-5-10(16)12(6-9(8)15)18-13-7-3-1-2-4-11(7)17-19-13/h1-6H,16H2. The van der Waals surface area contributed by atoms with Crippen LogP contribution in [0.15, 0.2) is 40.9 Å². The Morgan fingerprint density at radius 3 is 2.89 bits per heavy atom. The molecule has 0 radical (unpaired) electrons. The molecule has 0 unspecified atom stereocenters. The Balaban J connectivity index is 2.04. The van der Waals surface area contributed by atoms with Gasteiger partial charge >= 0.3 is 0 Å². The molecule has 3 nitrogen and oxygen atoms in total. The average Bonchev–Trinajstić information content (AvgIpc) is 2.80. The van der Waals surface area contributed by atoms with E-state index in [4.69, 9.17) is 10.5 Å². The average molecular weight is 339 g/mol. The van der Waals surface area contributed by atoms with Gasteiger partial charge in [0.05, 0.1) is 21.1 Å². The van der Waals surface area contributed by atoms with E-state index in [1.54, 1.807) is 0 Å². The predicted octanol–water partition coefficient (Wildman–Crippen LogP) is 4.57. The fourth-order valence-electron chi connectivity index (χ4n) is 1.67. The SMILES string of the molecule is Nc1cc(Br)c(F)cc1Oc1snc2ccccc12. The van der Waals surface area contributed by atoms with Crippen molar-refractivity contribution >= 4 is 44.1 Å². The number of nitrogen functional groups attached to an aromatic ring is 1. The molecule has 0 saturated carbocycles. The summed E-state index contributed by atoms with van der Waals surface area (Å²) in [6.45, 7) is 0. The van der Waals surface area contributed by atoms with Crippen molar-refractivity contribution in [3.8, 4) is 10.8 Å². The van der Waals surface area contributed by atoms with Gasteiger partial charge in [-0.2, -0.15) is 4.37 Å². The van der Waals surface area contributed by atoms with Gasteiger partial charge in [-0.15, -0.1) is 0 Å². The summed E-state index contributed by atoms with van der Waals surface area (Å²) in [6, 6.07) is 10.3. The third-order valence-corrected chi connectivity index (χ3v) is 3.97. The maximum atomic E-state index is 13.5. The summed E-state index contributed by atoms with van der Waals surface area (Å²) in [5.41, 5.74) is 7.03. The maximum Gasteiger partial charge on any atom is 0.208 e. The minimum Gasteiger partial charge on any atom is -0.442 e. The Bertz CT molecular complexity index is 759. The van der Waals surface area contributed by atoms with E-state index in [9.17, 15) is 4.39 Å². The highest BCUT2D eigenvalue weighted by Gasteiger charge is 2.12. The maximum absolute atomic E-state index is 13.5. The number of benzene rings is 2. The first-order chi connectivity index (χ1) is 9.15. The lowest BCUT2D eigenvalue weighted by atomic mass is 10.2. The molecule has 6 heteroatoms. The van der Waals surface area contributed by atoms with Crippen LogP contribution < -0.4 is 10.5 Å². The van der Waals surface area contributed by atoms with E-state index in [0.717, 1.165) is 10.9 Å². The topological polar surface area (TPSA) is 48.1 Å². The van der Waals surface area contributed by atoms with Crippen LogP contribution in [0.25, 0.3) is 10.9 Å². The number of fused-ring (bicyclic) bond motifs is 1. The molecule has 19 heavy (non-hydrogen) atoms. The lowest BCUT2D eigenvalue weighted by Crippen LogP contribution is -1.93. The summed E-state index contributed by atoms with van der Waals surface area (Å²) < 4.78 is 23.7. The quantitative estimate of drug-likeness (QED) is 0.696. The Hall–Kier alpha value is -1.66. The first-order valence-corrected chi connectivity index (χ1v) is 6.98. The van der Waals surface area contributed by atoms with Gasteiger partial charge in [-0.1, -0.05) is 12.1 Å². The van der Waals surface area contributed by atoms with Crippen LogP contribution in [-0.2, 0) is 0 Å². The number of rotatable bonds is 2. The number of halogens is 2. The van der Waals surface area contributed by atoms with E-state index < -0.39 is 5.82 Å². The minimum absolute atomic E-state index is 0.287. The Labute approximate surface area is 121 Å². The van der Waals surface area contributed by atoms with Gasteiger partial charge in [-0.25, -0.2) is 4.39 Å². The van der Waals surface area contributed by atoms with Crippen molar-refractivity contribution in [1.29, 1.82) is 0 Å². The van der Waals surface area contributed by atoms with E-state index in [-0.39, 0.29) is 5.75 Å². The van der Waals surface area contributed by atoms with Gasteiger partial charge in [0.25, 0.3) is 0 Å². The first-order valence-electron chi connectivity index (χ1n) is 5.42. The number of aromatic nitrogens is 1. The summed E-state index contributed by atoms with van der Waals surface area (Å²) in [4.78, 5) is 0. The predicted molar refractivity (Wildman–Crippen MR) is 78.2 cm³/mol. The minimum atomic E-state index is -0.418. The second-order valence-corrected chi connectivity index (χ2v) is 5.48. The number of nitrogens with two attached hydrogens (primary N) is 1. The van der Waals surface area contributed by atoms with Gasteiger partial charge in [-0.3, -0.25) is 0 Å². The van der Waals surface area contributed by atoms with Crippen LogP contribution in [0, 0.1) is 5.82 Å². The van der Waals surface area contributed by atoms with Gasteiger partial charge in [0.1, 0.15) is 5.82 Å². The van der Waals surface area contributed by atoms with E-state index >= 15 is 0 Å². The molecule has 0 aliphatic carbocycles. The summed E-state index contributed by atoms with van der Waals surface area (Å²) >= 11 is 4.29. The lowest BCUT2D eigenvalue weighted by Gasteiger charge is -2.07. The Morgan fingerprint density at radius 1 is 1.26 bits per heavy atom. The molecule has 3 aromatic rings. The summed E-state index contributed by atoms with van der Waals surface area (Å²) in [7, 11) is 0. The smallest absolute Gasteiger partial charge is 0.208 e. The van der Waals surface area contributed by atoms with E-state index in [1.807, 2.05) is 24.3 Å². The van der Waals surface area contributed by atoms with Gasteiger partial charge in [0, 0.05) is 17.6 Å². The number of anilines is 1. The number of ether oxygens (including phenoxy) is 1. The summed E-state index contributed by atoms with van der Waals surface area (Å²) in [5.74, 6) is -0.131. The third kappa shape index (κ3) is 2.29. The second-order valence-electron chi connectivity index (χ2n) is 3.89. The Kier molecular flexibility index (Phi) is 3.12. The van der Waals surface area contributed by atoms with Crippen molar-refractivity contribution in [2.75, 3.05) is 5.73 Å². The normalized spacial score (nSPS) is 10.8. The Morgan fingerprint density at radius 2 is 2.05 bits per heavy atom. The van der Waals surface area contributed by atoms with Crippen LogP contribution in [0.2, 0.25) is 0 Å². The summed E-state index contributed by atoms with van der Waals surface area (Å²) in [5, 5.41) is 1.49. The molecule has 0 bridgehead atoms. The second kappa shape index (κ2) is 4.79. The fraction of sp³-hybridized carbons (Fsp3) is 0. The molecule has 96 valence electrons. The number of nitrogens with zero attached hydrogens (tertiary/aromatic N) is 1. The number of hydrogen-bond donors (Lipinski definition) is 1. The van der Waals surface area contributed by atoms with Crippen LogP contribution in [-0.4, -0.2) is 4.37 Å². The zero-order valence-corrected chi connectivity index (χ0v) is 12.0. The molecule has 2 N–H and O–H groups in total. The fourth-order valence-corrected chi connectivity index (χ4v) is 2.77. The monoisotopic (exact) mass is 338 g/mol. The molecule has 0 atom stereocenters. The molecule has 0 spiro atoms. The molecule has 0 aliphatic rings. The van der Waals surface area contributed by atoms with Crippen molar-refractivity contribution in [2.24, 2.45) is 0 Å². The van der Waals surface area contributed by atoms with Gasteiger partial charge in [-0.05, 0) is 34.1 Å². The van der Waals surface area contributed by atoms with Gasteiger partial charge < -0.3 is 10.5 Å². The van der Waals surface area contributed by atoms with Crippen molar-refractivity contribution < 1.29 is 9.13 Å². The third-order valence-electron chi connectivity index (χ3n) is 2.61. The molecule has 1 heterocycles. The largest absolute Gasteiger partial charge is 0.442 e. The highest BCUT2D eigenvalue weighted by molar-refractivity contribution is 9.10. The molecular weight excluding hydrogens is 331 g/mol. The molecule has 2 aromatic carbocycles. The van der Waals surface area contributed by atoms with Gasteiger partial charge in [0.2, 0.25) is 5.06 Å². The van der Waals surface area contributed by atoms with Crippen molar-refractivity contribution in [1.82, 2.24) is 4.37 Å². The van der Waals surface area contributed by atoms with Crippen molar-refractivity contribution in [3.05, 3.63) is 46.7 Å². The first kappa shape index (κ1) is 12.4. The molecule has 0 amide bonds. The molecule has 1 aromatic heterocycles. The van der Waals surface area contributed by atoms with Crippen LogP contribution in [0.4, 0.5) is 10.1 Å². The van der Waals surface area contributed by atoms with Crippen LogP contribution in [0.3, 0.4) is 0 Å². The van der Waals surface area contributed by atoms with E-state index in [1.165, 1.54) is 23.7 Å². The molecule has 0 aliphatic heterocycles. The van der Waals surface area contributed by atoms with Crippen LogP contribution >= 0.6 is 27.5 Å². The zero-order valence-electron chi connectivity index (χ0n) is 9.56. The molecular formula is C13H8BrFN2OS. The zero-order chi connectivity index (χ0) is 13.4. The highest BCUT2D eigenvalue weighted by atomic mass is 79.9. The molecule has 0 fully saturated rings. The summed E-state index contributed by atoms with van der Waals surface area (Å²) in [6.07, 6.45) is 0. The highest BCUT2D eigenvalue weighted by Crippen LogP contribution is 2.37.